The Morgan fingerprint density at radius 3 is 2.38 bits per heavy atom. The summed E-state index contributed by atoms with van der Waals surface area (Å²) in [7, 11) is 0. The number of benzene rings is 1. The maximum Gasteiger partial charge on any atom is 0.410 e. The van der Waals surface area contributed by atoms with Gasteiger partial charge in [-0.15, -0.1) is 0 Å². The number of hydrogen-bond acceptors (Lipinski definition) is 5. The molecule has 0 aliphatic rings. The summed E-state index contributed by atoms with van der Waals surface area (Å²) < 4.78 is 44.8. The monoisotopic (exact) mass is 409 g/mol. The second kappa shape index (κ2) is 8.03. The van der Waals surface area contributed by atoms with Gasteiger partial charge in [-0.05, 0) is 33.3 Å². The summed E-state index contributed by atoms with van der Waals surface area (Å²) in [5.41, 5.74) is 6.21. The SMILES string of the molecule is CC(n1nc(-c2ccc(CNC(=O)OC(C)(C)C)cc2)c(C#N)c1N)C(F)(F)F. The van der Waals surface area contributed by atoms with E-state index in [4.69, 9.17) is 10.5 Å². The van der Waals surface area contributed by atoms with Gasteiger partial charge in [-0.2, -0.15) is 23.5 Å². The highest BCUT2D eigenvalue weighted by Crippen LogP contribution is 2.35. The van der Waals surface area contributed by atoms with Crippen LogP contribution in [0.25, 0.3) is 11.3 Å². The van der Waals surface area contributed by atoms with Crippen LogP contribution in [-0.4, -0.2) is 27.7 Å². The highest BCUT2D eigenvalue weighted by Gasteiger charge is 2.40. The Hall–Kier alpha value is -3.22. The fourth-order valence-corrected chi connectivity index (χ4v) is 2.46. The van der Waals surface area contributed by atoms with Gasteiger partial charge in [-0.3, -0.25) is 0 Å². The summed E-state index contributed by atoms with van der Waals surface area (Å²) in [6.07, 6.45) is -5.12. The molecule has 0 saturated carbocycles. The van der Waals surface area contributed by atoms with Gasteiger partial charge in [0.05, 0.1) is 0 Å². The molecule has 1 unspecified atom stereocenters. The fraction of sp³-hybridized carbons (Fsp3) is 0.421. The molecule has 3 N–H and O–H groups in total. The van der Waals surface area contributed by atoms with Crippen molar-refractivity contribution >= 4 is 11.9 Å². The lowest BCUT2D eigenvalue weighted by Gasteiger charge is -2.19. The average Bonchev–Trinajstić information content (AvgIpc) is 2.93. The Morgan fingerprint density at radius 1 is 1.31 bits per heavy atom. The highest BCUT2D eigenvalue weighted by atomic mass is 19.4. The van der Waals surface area contributed by atoms with E-state index >= 15 is 0 Å². The number of halogens is 3. The predicted molar refractivity (Wildman–Crippen MR) is 101 cm³/mol. The first-order valence-electron chi connectivity index (χ1n) is 8.74. The molecule has 0 saturated heterocycles. The Kier molecular flexibility index (Phi) is 6.11. The Bertz CT molecular complexity index is 922. The van der Waals surface area contributed by atoms with Crippen LogP contribution in [0.15, 0.2) is 24.3 Å². The predicted octanol–water partition coefficient (Wildman–Crippen LogP) is 4.15. The van der Waals surface area contributed by atoms with Gasteiger partial charge >= 0.3 is 12.3 Å². The highest BCUT2D eigenvalue weighted by molar-refractivity contribution is 5.73. The number of nitrogens with zero attached hydrogens (tertiary/aromatic N) is 3. The topological polar surface area (TPSA) is 106 Å². The van der Waals surface area contributed by atoms with Crippen LogP contribution in [0.2, 0.25) is 0 Å². The molecule has 156 valence electrons. The average molecular weight is 409 g/mol. The van der Waals surface area contributed by atoms with Gasteiger partial charge in [-0.1, -0.05) is 24.3 Å². The van der Waals surface area contributed by atoms with Crippen molar-refractivity contribution in [3.05, 3.63) is 35.4 Å². The lowest BCUT2D eigenvalue weighted by Crippen LogP contribution is -2.32. The van der Waals surface area contributed by atoms with Crippen LogP contribution in [0.5, 0.6) is 0 Å². The van der Waals surface area contributed by atoms with Crippen LogP contribution in [0.3, 0.4) is 0 Å². The van der Waals surface area contributed by atoms with E-state index in [0.29, 0.717) is 10.2 Å². The molecule has 0 bridgehead atoms. The van der Waals surface area contributed by atoms with Gasteiger partial charge < -0.3 is 15.8 Å². The van der Waals surface area contributed by atoms with Crippen LogP contribution in [0.4, 0.5) is 23.8 Å². The smallest absolute Gasteiger partial charge is 0.410 e. The van der Waals surface area contributed by atoms with Crippen molar-refractivity contribution < 1.29 is 22.7 Å². The van der Waals surface area contributed by atoms with Gasteiger partial charge in [0.1, 0.15) is 34.8 Å². The van der Waals surface area contributed by atoms with Crippen LogP contribution in [-0.2, 0) is 11.3 Å². The van der Waals surface area contributed by atoms with E-state index < -0.39 is 23.9 Å². The minimum atomic E-state index is -4.55. The zero-order chi connectivity index (χ0) is 22.0. The number of carbonyl (C=O) groups is 1. The number of alkyl carbamates (subject to hydrolysis) is 1. The van der Waals surface area contributed by atoms with Crippen molar-refractivity contribution in [3.8, 4) is 17.3 Å². The third kappa shape index (κ3) is 5.40. The number of carbonyl (C=O) groups excluding carboxylic acids is 1. The summed E-state index contributed by atoms with van der Waals surface area (Å²) in [6.45, 7) is 6.36. The molecule has 1 heterocycles. The summed E-state index contributed by atoms with van der Waals surface area (Å²) in [4.78, 5) is 11.7. The van der Waals surface area contributed by atoms with Gasteiger partial charge in [0.15, 0.2) is 0 Å². The Labute approximate surface area is 166 Å². The number of nitrogen functional groups attached to an aromatic ring is 1. The van der Waals surface area contributed by atoms with Crippen LogP contribution < -0.4 is 11.1 Å². The number of amides is 1. The van der Waals surface area contributed by atoms with Crippen molar-refractivity contribution in [1.82, 2.24) is 15.1 Å². The summed E-state index contributed by atoms with van der Waals surface area (Å²) in [6, 6.07) is 6.36. The molecule has 10 heteroatoms. The molecule has 1 atom stereocenters. The molecule has 0 fully saturated rings. The minimum absolute atomic E-state index is 0.0627. The molecule has 29 heavy (non-hydrogen) atoms. The van der Waals surface area contributed by atoms with E-state index in [9.17, 15) is 23.2 Å². The van der Waals surface area contributed by atoms with Gasteiger partial charge in [0, 0.05) is 12.1 Å². The normalized spacial score (nSPS) is 12.9. The van der Waals surface area contributed by atoms with E-state index in [1.54, 1.807) is 45.0 Å². The lowest BCUT2D eigenvalue weighted by molar-refractivity contribution is -0.164. The van der Waals surface area contributed by atoms with Crippen LogP contribution >= 0.6 is 0 Å². The van der Waals surface area contributed by atoms with Crippen molar-refractivity contribution in [2.75, 3.05) is 5.73 Å². The summed E-state index contributed by atoms with van der Waals surface area (Å²) in [5, 5.41) is 15.8. The van der Waals surface area contributed by atoms with Crippen molar-refractivity contribution in [2.45, 2.75) is 52.1 Å². The van der Waals surface area contributed by atoms with E-state index in [2.05, 4.69) is 10.4 Å². The molecule has 0 spiro atoms. The molecule has 2 rings (SSSR count). The first-order chi connectivity index (χ1) is 13.3. The van der Waals surface area contributed by atoms with Crippen LogP contribution in [0, 0.1) is 11.3 Å². The molecular formula is C19H22F3N5O2. The number of nitrogens with two attached hydrogens (primary N) is 1. The standard InChI is InChI=1S/C19H22F3N5O2/c1-11(19(20,21)22)27-16(24)14(9-23)15(26-27)13-7-5-12(6-8-13)10-25-17(28)29-18(2,3)4/h5-8,11H,10,24H2,1-4H3,(H,25,28). The van der Waals surface area contributed by atoms with Gasteiger partial charge in [0.2, 0.25) is 0 Å². The minimum Gasteiger partial charge on any atom is -0.444 e. The van der Waals surface area contributed by atoms with E-state index in [-0.39, 0.29) is 23.6 Å². The molecule has 7 nitrogen and oxygen atoms in total. The molecule has 1 amide bonds. The molecule has 2 aromatic rings. The maximum atomic E-state index is 13.0. The number of aromatic nitrogens is 2. The molecule has 0 aliphatic heterocycles. The molecule has 1 aromatic heterocycles. The molecule has 0 radical (unpaired) electrons. The van der Waals surface area contributed by atoms with Crippen LogP contribution in [0.1, 0.15) is 44.9 Å². The second-order valence-electron chi connectivity index (χ2n) is 7.44. The molecule has 1 aromatic carbocycles. The fourth-order valence-electron chi connectivity index (χ4n) is 2.46. The van der Waals surface area contributed by atoms with E-state index in [1.165, 1.54) is 0 Å². The van der Waals surface area contributed by atoms with Gasteiger partial charge in [0.25, 0.3) is 0 Å². The number of anilines is 1. The van der Waals surface area contributed by atoms with Crippen molar-refractivity contribution in [3.63, 3.8) is 0 Å². The third-order valence-corrected chi connectivity index (χ3v) is 3.96. The number of alkyl halides is 3. The molecular weight excluding hydrogens is 387 g/mol. The lowest BCUT2D eigenvalue weighted by atomic mass is 10.1. The summed E-state index contributed by atoms with van der Waals surface area (Å²) >= 11 is 0. The van der Waals surface area contributed by atoms with E-state index in [1.807, 2.05) is 6.07 Å². The first-order valence-corrected chi connectivity index (χ1v) is 8.74. The second-order valence-corrected chi connectivity index (χ2v) is 7.44. The number of ether oxygens (including phenoxy) is 1. The zero-order valence-electron chi connectivity index (χ0n) is 16.5. The van der Waals surface area contributed by atoms with Crippen molar-refractivity contribution in [2.24, 2.45) is 0 Å². The zero-order valence-corrected chi connectivity index (χ0v) is 16.5. The third-order valence-electron chi connectivity index (χ3n) is 3.96. The largest absolute Gasteiger partial charge is 0.444 e. The number of hydrogen-bond donors (Lipinski definition) is 2. The maximum absolute atomic E-state index is 13.0. The Balaban J connectivity index is 2.22. The number of nitriles is 1. The molecule has 0 aliphatic carbocycles. The van der Waals surface area contributed by atoms with E-state index in [0.717, 1.165) is 12.5 Å². The quantitative estimate of drug-likeness (QED) is 0.789. The number of nitrogens with one attached hydrogen (secondary N) is 1. The number of rotatable bonds is 4. The Morgan fingerprint density at radius 2 is 1.90 bits per heavy atom. The summed E-state index contributed by atoms with van der Waals surface area (Å²) in [5.74, 6) is -0.344. The van der Waals surface area contributed by atoms with Crippen molar-refractivity contribution in [1.29, 1.82) is 5.26 Å². The van der Waals surface area contributed by atoms with Gasteiger partial charge in [-0.25, -0.2) is 9.48 Å². The first kappa shape index (κ1) is 22.1.